The molecule has 3 nitrogen and oxygen atoms in total. The first-order chi connectivity index (χ1) is 8.47. The van der Waals surface area contributed by atoms with Gasteiger partial charge in [0.25, 0.3) is 0 Å². The van der Waals surface area contributed by atoms with Crippen molar-refractivity contribution in [3.8, 4) is 0 Å². The van der Waals surface area contributed by atoms with Gasteiger partial charge in [0, 0.05) is 19.1 Å². The van der Waals surface area contributed by atoms with E-state index in [-0.39, 0.29) is 5.82 Å². The summed E-state index contributed by atoms with van der Waals surface area (Å²) >= 11 is 0. The predicted molar refractivity (Wildman–Crippen MR) is 63.4 cm³/mol. The summed E-state index contributed by atoms with van der Waals surface area (Å²) in [6.45, 7) is 1.41. The highest BCUT2D eigenvalue weighted by Gasteiger charge is 2.32. The Morgan fingerprint density at radius 3 is 2.72 bits per heavy atom. The molecule has 18 heavy (non-hydrogen) atoms. The van der Waals surface area contributed by atoms with Gasteiger partial charge in [-0.25, -0.2) is 4.98 Å². The number of nitrogens with one attached hydrogen (secondary N) is 1. The first-order valence-corrected chi connectivity index (χ1v) is 5.95. The molecule has 1 fully saturated rings. The van der Waals surface area contributed by atoms with Gasteiger partial charge < -0.3 is 10.2 Å². The van der Waals surface area contributed by atoms with Crippen molar-refractivity contribution in [1.29, 1.82) is 0 Å². The second-order valence-electron chi connectivity index (χ2n) is 4.54. The van der Waals surface area contributed by atoms with Crippen molar-refractivity contribution in [2.75, 3.05) is 25.5 Å². The minimum absolute atomic E-state index is 0.272. The molecule has 0 saturated heterocycles. The van der Waals surface area contributed by atoms with Gasteiger partial charge in [-0.15, -0.1) is 0 Å². The Labute approximate surface area is 104 Å². The van der Waals surface area contributed by atoms with Crippen LogP contribution in [0.4, 0.5) is 19.0 Å². The van der Waals surface area contributed by atoms with Crippen molar-refractivity contribution in [3.63, 3.8) is 0 Å². The zero-order chi connectivity index (χ0) is 13.2. The topological polar surface area (TPSA) is 28.2 Å². The SMILES string of the molecule is CN(CCNc1cccc(C(F)(F)F)n1)C1CC1. The maximum absolute atomic E-state index is 12.4. The van der Waals surface area contributed by atoms with E-state index in [0.29, 0.717) is 12.6 Å². The fourth-order valence-corrected chi connectivity index (χ4v) is 1.75. The van der Waals surface area contributed by atoms with Crippen molar-refractivity contribution < 1.29 is 13.2 Å². The van der Waals surface area contributed by atoms with E-state index in [4.69, 9.17) is 0 Å². The van der Waals surface area contributed by atoms with Crippen LogP contribution in [0.15, 0.2) is 18.2 Å². The van der Waals surface area contributed by atoms with Gasteiger partial charge in [0.1, 0.15) is 11.5 Å². The quantitative estimate of drug-likeness (QED) is 0.881. The summed E-state index contributed by atoms with van der Waals surface area (Å²) in [6, 6.07) is 4.54. The summed E-state index contributed by atoms with van der Waals surface area (Å²) < 4.78 is 37.3. The van der Waals surface area contributed by atoms with Crippen LogP contribution in [0.3, 0.4) is 0 Å². The van der Waals surface area contributed by atoms with Gasteiger partial charge in [-0.05, 0) is 32.0 Å². The highest BCUT2D eigenvalue weighted by Crippen LogP contribution is 2.28. The lowest BCUT2D eigenvalue weighted by Gasteiger charge is -2.16. The highest BCUT2D eigenvalue weighted by molar-refractivity contribution is 5.35. The molecule has 1 saturated carbocycles. The van der Waals surface area contributed by atoms with E-state index >= 15 is 0 Å². The summed E-state index contributed by atoms with van der Waals surface area (Å²) in [4.78, 5) is 5.76. The first kappa shape index (κ1) is 13.1. The molecule has 0 atom stereocenters. The Hall–Kier alpha value is -1.30. The number of alkyl halides is 3. The van der Waals surface area contributed by atoms with E-state index in [1.807, 2.05) is 7.05 Å². The fraction of sp³-hybridized carbons (Fsp3) is 0.583. The summed E-state index contributed by atoms with van der Waals surface area (Å²) in [6.07, 6.45) is -1.95. The van der Waals surface area contributed by atoms with E-state index < -0.39 is 11.9 Å². The molecule has 2 rings (SSSR count). The average Bonchev–Trinajstić information content (AvgIpc) is 3.12. The number of anilines is 1. The number of aromatic nitrogens is 1. The molecule has 6 heteroatoms. The lowest BCUT2D eigenvalue weighted by atomic mass is 10.3. The number of likely N-dealkylation sites (N-methyl/N-ethyl adjacent to an activating group) is 1. The van der Waals surface area contributed by atoms with Crippen LogP contribution in [0.25, 0.3) is 0 Å². The van der Waals surface area contributed by atoms with Gasteiger partial charge in [-0.1, -0.05) is 6.07 Å². The van der Waals surface area contributed by atoms with Gasteiger partial charge in [-0.2, -0.15) is 13.2 Å². The van der Waals surface area contributed by atoms with Crippen molar-refractivity contribution in [3.05, 3.63) is 23.9 Å². The fourth-order valence-electron chi connectivity index (χ4n) is 1.75. The summed E-state index contributed by atoms with van der Waals surface area (Å²) in [7, 11) is 2.03. The third-order valence-electron chi connectivity index (χ3n) is 2.98. The van der Waals surface area contributed by atoms with Crippen LogP contribution >= 0.6 is 0 Å². The Balaban J connectivity index is 1.85. The Morgan fingerprint density at radius 2 is 2.11 bits per heavy atom. The van der Waals surface area contributed by atoms with E-state index in [1.54, 1.807) is 6.07 Å². The lowest BCUT2D eigenvalue weighted by Crippen LogP contribution is -2.27. The first-order valence-electron chi connectivity index (χ1n) is 5.95. The molecule has 1 N–H and O–H groups in total. The largest absolute Gasteiger partial charge is 0.433 e. The van der Waals surface area contributed by atoms with Gasteiger partial charge in [0.05, 0.1) is 0 Å². The third kappa shape index (κ3) is 3.60. The van der Waals surface area contributed by atoms with Gasteiger partial charge in [0.15, 0.2) is 0 Å². The lowest BCUT2D eigenvalue weighted by molar-refractivity contribution is -0.141. The molecule has 0 radical (unpaired) electrons. The molecule has 1 aliphatic carbocycles. The van der Waals surface area contributed by atoms with Gasteiger partial charge in [0.2, 0.25) is 0 Å². The number of hydrogen-bond donors (Lipinski definition) is 1. The molecule has 1 aromatic heterocycles. The van der Waals surface area contributed by atoms with E-state index in [0.717, 1.165) is 12.6 Å². The van der Waals surface area contributed by atoms with Crippen LogP contribution in [-0.2, 0) is 6.18 Å². The summed E-state index contributed by atoms with van der Waals surface area (Å²) in [5.41, 5.74) is -0.858. The summed E-state index contributed by atoms with van der Waals surface area (Å²) in [5.74, 6) is 0.272. The maximum atomic E-state index is 12.4. The summed E-state index contributed by atoms with van der Waals surface area (Å²) in [5, 5.41) is 2.92. The molecule has 0 bridgehead atoms. The van der Waals surface area contributed by atoms with Crippen LogP contribution in [0.2, 0.25) is 0 Å². The number of pyridine rings is 1. The van der Waals surface area contributed by atoms with E-state index in [9.17, 15) is 13.2 Å². The predicted octanol–water partition coefficient (Wildman–Crippen LogP) is 2.61. The average molecular weight is 259 g/mol. The van der Waals surface area contributed by atoms with Crippen LogP contribution in [-0.4, -0.2) is 36.1 Å². The van der Waals surface area contributed by atoms with Gasteiger partial charge >= 0.3 is 6.18 Å². The monoisotopic (exact) mass is 259 g/mol. The second-order valence-corrected chi connectivity index (χ2v) is 4.54. The van der Waals surface area contributed by atoms with Crippen LogP contribution < -0.4 is 5.32 Å². The molecule has 0 aromatic carbocycles. The molecular formula is C12H16F3N3. The number of nitrogens with zero attached hydrogens (tertiary/aromatic N) is 2. The van der Waals surface area contributed by atoms with Crippen LogP contribution in [0.1, 0.15) is 18.5 Å². The Morgan fingerprint density at radius 1 is 1.39 bits per heavy atom. The van der Waals surface area contributed by atoms with Crippen molar-refractivity contribution >= 4 is 5.82 Å². The molecule has 0 amide bonds. The van der Waals surface area contributed by atoms with E-state index in [1.165, 1.54) is 18.9 Å². The number of halogens is 3. The molecule has 100 valence electrons. The van der Waals surface area contributed by atoms with Gasteiger partial charge in [-0.3, -0.25) is 0 Å². The zero-order valence-corrected chi connectivity index (χ0v) is 10.2. The van der Waals surface area contributed by atoms with Crippen molar-refractivity contribution in [2.45, 2.75) is 25.1 Å². The Bertz CT molecular complexity index is 402. The molecule has 1 aliphatic rings. The minimum atomic E-state index is -4.39. The zero-order valence-electron chi connectivity index (χ0n) is 10.2. The number of hydrogen-bond acceptors (Lipinski definition) is 3. The highest BCUT2D eigenvalue weighted by atomic mass is 19.4. The van der Waals surface area contributed by atoms with Crippen LogP contribution in [0, 0.1) is 0 Å². The second kappa shape index (κ2) is 5.14. The maximum Gasteiger partial charge on any atom is 0.433 e. The van der Waals surface area contributed by atoms with Crippen molar-refractivity contribution in [2.24, 2.45) is 0 Å². The third-order valence-corrected chi connectivity index (χ3v) is 2.98. The van der Waals surface area contributed by atoms with Crippen molar-refractivity contribution in [1.82, 2.24) is 9.88 Å². The van der Waals surface area contributed by atoms with E-state index in [2.05, 4.69) is 15.2 Å². The molecule has 0 unspecified atom stereocenters. The molecule has 0 spiro atoms. The normalized spacial score (nSPS) is 16.1. The van der Waals surface area contributed by atoms with Crippen LogP contribution in [0.5, 0.6) is 0 Å². The molecule has 1 heterocycles. The molecule has 1 aromatic rings. The smallest absolute Gasteiger partial charge is 0.369 e. The molecule has 0 aliphatic heterocycles. The number of rotatable bonds is 5. The molecular weight excluding hydrogens is 243 g/mol. The standard InChI is InChI=1S/C12H16F3N3/c1-18(9-5-6-9)8-7-16-11-4-2-3-10(17-11)12(13,14)15/h2-4,9H,5-8H2,1H3,(H,16,17). The Kier molecular flexibility index (Phi) is 3.75. The minimum Gasteiger partial charge on any atom is -0.369 e.